The van der Waals surface area contributed by atoms with Crippen molar-refractivity contribution in [3.8, 4) is 0 Å². The van der Waals surface area contributed by atoms with Crippen LogP contribution in [0.4, 0.5) is 0 Å². The Kier molecular flexibility index (Phi) is 5.01. The van der Waals surface area contributed by atoms with E-state index in [0.717, 1.165) is 37.9 Å². The summed E-state index contributed by atoms with van der Waals surface area (Å²) in [6.45, 7) is 5.03. The van der Waals surface area contributed by atoms with Crippen LogP contribution < -0.4 is 5.32 Å². The molecule has 0 radical (unpaired) electrons. The predicted octanol–water partition coefficient (Wildman–Crippen LogP) is 1.69. The minimum Gasteiger partial charge on any atom is -0.363 e. The molecule has 1 aliphatic rings. The zero-order valence-electron chi connectivity index (χ0n) is 11.5. The molecule has 2 heterocycles. The van der Waals surface area contributed by atoms with Gasteiger partial charge in [-0.15, -0.1) is 0 Å². The third-order valence-corrected chi connectivity index (χ3v) is 5.29. The van der Waals surface area contributed by atoms with Gasteiger partial charge in [-0.25, -0.2) is 8.42 Å². The highest BCUT2D eigenvalue weighted by molar-refractivity contribution is 7.89. The van der Waals surface area contributed by atoms with Crippen LogP contribution in [0.2, 0.25) is 0 Å². The fraction of sp³-hybridized carbons (Fsp3) is 0.692. The molecule has 0 saturated carbocycles. The van der Waals surface area contributed by atoms with Crippen molar-refractivity contribution < 1.29 is 8.42 Å². The lowest BCUT2D eigenvalue weighted by molar-refractivity contribution is 0.346. The van der Waals surface area contributed by atoms with Crippen molar-refractivity contribution in [1.29, 1.82) is 0 Å². The predicted molar refractivity (Wildman–Crippen MR) is 75.4 cm³/mol. The zero-order chi connectivity index (χ0) is 13.7. The fourth-order valence-corrected chi connectivity index (χ4v) is 3.86. The van der Waals surface area contributed by atoms with Crippen LogP contribution in [0.3, 0.4) is 0 Å². The van der Waals surface area contributed by atoms with E-state index in [2.05, 4.69) is 17.2 Å². The van der Waals surface area contributed by atoms with Gasteiger partial charge in [0.15, 0.2) is 0 Å². The van der Waals surface area contributed by atoms with Crippen molar-refractivity contribution in [3.05, 3.63) is 18.0 Å². The summed E-state index contributed by atoms with van der Waals surface area (Å²) < 4.78 is 26.4. The molecule has 1 aliphatic heterocycles. The number of aromatic nitrogens is 1. The van der Waals surface area contributed by atoms with Crippen molar-refractivity contribution >= 4 is 10.0 Å². The monoisotopic (exact) mass is 285 g/mol. The summed E-state index contributed by atoms with van der Waals surface area (Å²) in [7, 11) is -3.30. The van der Waals surface area contributed by atoms with E-state index in [1.165, 1.54) is 0 Å². The lowest BCUT2D eigenvalue weighted by atomic mass is 10.2. The lowest BCUT2D eigenvalue weighted by Crippen LogP contribution is -2.35. The molecule has 1 aromatic heterocycles. The molecular weight excluding hydrogens is 262 g/mol. The summed E-state index contributed by atoms with van der Waals surface area (Å²) in [5.74, 6) is 0. The fourth-order valence-electron chi connectivity index (χ4n) is 2.32. The molecule has 0 amide bonds. The van der Waals surface area contributed by atoms with Crippen LogP contribution in [0.25, 0.3) is 0 Å². The molecule has 2 N–H and O–H groups in total. The van der Waals surface area contributed by atoms with Crippen LogP contribution in [0.15, 0.2) is 17.2 Å². The number of nitrogens with one attached hydrogen (secondary N) is 2. The Hall–Kier alpha value is -0.850. The van der Waals surface area contributed by atoms with E-state index in [1.807, 2.05) is 0 Å². The molecule has 0 unspecified atom stereocenters. The molecule has 19 heavy (non-hydrogen) atoms. The second-order valence-electron chi connectivity index (χ2n) is 5.00. The number of hydrogen-bond donors (Lipinski definition) is 2. The van der Waals surface area contributed by atoms with Gasteiger partial charge in [0.1, 0.15) is 0 Å². The minimum atomic E-state index is -3.30. The summed E-state index contributed by atoms with van der Waals surface area (Å²) in [5, 5.41) is 3.26. The van der Waals surface area contributed by atoms with Crippen LogP contribution in [0.1, 0.15) is 38.3 Å². The SMILES string of the molecule is CCCNCc1cc(S(=O)(=O)N2CCCCC2)c[nH]1. The molecule has 1 aromatic rings. The van der Waals surface area contributed by atoms with Gasteiger partial charge in [-0.2, -0.15) is 4.31 Å². The highest BCUT2D eigenvalue weighted by atomic mass is 32.2. The van der Waals surface area contributed by atoms with Crippen molar-refractivity contribution in [1.82, 2.24) is 14.6 Å². The quantitative estimate of drug-likeness (QED) is 0.782. The molecule has 1 saturated heterocycles. The number of rotatable bonds is 6. The number of sulfonamides is 1. The third-order valence-electron chi connectivity index (χ3n) is 3.41. The van der Waals surface area contributed by atoms with Gasteiger partial charge in [-0.3, -0.25) is 0 Å². The lowest BCUT2D eigenvalue weighted by Gasteiger charge is -2.25. The molecule has 0 aliphatic carbocycles. The number of aromatic amines is 1. The molecule has 5 nitrogen and oxygen atoms in total. The number of hydrogen-bond acceptors (Lipinski definition) is 3. The van der Waals surface area contributed by atoms with E-state index in [1.54, 1.807) is 16.6 Å². The first kappa shape index (κ1) is 14.6. The van der Waals surface area contributed by atoms with Crippen molar-refractivity contribution in [2.75, 3.05) is 19.6 Å². The summed E-state index contributed by atoms with van der Waals surface area (Å²) in [4.78, 5) is 3.43. The van der Waals surface area contributed by atoms with Gasteiger partial charge < -0.3 is 10.3 Å². The minimum absolute atomic E-state index is 0.391. The van der Waals surface area contributed by atoms with Crippen LogP contribution in [-0.2, 0) is 16.6 Å². The van der Waals surface area contributed by atoms with E-state index in [9.17, 15) is 8.42 Å². The van der Waals surface area contributed by atoms with E-state index in [4.69, 9.17) is 0 Å². The molecule has 0 bridgehead atoms. The first-order chi connectivity index (χ1) is 9.14. The topological polar surface area (TPSA) is 65.2 Å². The average molecular weight is 285 g/mol. The van der Waals surface area contributed by atoms with E-state index in [-0.39, 0.29) is 0 Å². The Morgan fingerprint density at radius 3 is 2.74 bits per heavy atom. The second kappa shape index (κ2) is 6.54. The second-order valence-corrected chi connectivity index (χ2v) is 6.94. The molecule has 0 spiro atoms. The molecule has 2 rings (SSSR count). The summed E-state index contributed by atoms with van der Waals surface area (Å²) >= 11 is 0. The Balaban J connectivity index is 2.03. The molecular formula is C13H23N3O2S. The third kappa shape index (κ3) is 3.58. The van der Waals surface area contributed by atoms with Crippen LogP contribution >= 0.6 is 0 Å². The molecule has 1 fully saturated rings. The molecule has 0 aromatic carbocycles. The van der Waals surface area contributed by atoms with Gasteiger partial charge >= 0.3 is 0 Å². The van der Waals surface area contributed by atoms with Crippen LogP contribution in [0, 0.1) is 0 Å². The van der Waals surface area contributed by atoms with E-state index < -0.39 is 10.0 Å². The number of piperidine rings is 1. The highest BCUT2D eigenvalue weighted by Gasteiger charge is 2.26. The molecule has 108 valence electrons. The standard InChI is InChI=1S/C13H23N3O2S/c1-2-6-14-10-12-9-13(11-15-12)19(17,18)16-7-4-3-5-8-16/h9,11,14-15H,2-8,10H2,1H3. The van der Waals surface area contributed by atoms with Crippen molar-refractivity contribution in [3.63, 3.8) is 0 Å². The number of H-pyrrole nitrogens is 1. The largest absolute Gasteiger partial charge is 0.363 e. The zero-order valence-corrected chi connectivity index (χ0v) is 12.3. The van der Waals surface area contributed by atoms with Gasteiger partial charge in [-0.05, 0) is 31.9 Å². The van der Waals surface area contributed by atoms with Gasteiger partial charge in [0, 0.05) is 31.5 Å². The van der Waals surface area contributed by atoms with Crippen LogP contribution in [0.5, 0.6) is 0 Å². The first-order valence-electron chi connectivity index (χ1n) is 7.02. The van der Waals surface area contributed by atoms with Gasteiger partial charge in [0.25, 0.3) is 0 Å². The summed E-state index contributed by atoms with van der Waals surface area (Å²) in [6.07, 6.45) is 5.74. The van der Waals surface area contributed by atoms with E-state index >= 15 is 0 Å². The Labute approximate surface area is 115 Å². The van der Waals surface area contributed by atoms with E-state index in [0.29, 0.717) is 24.5 Å². The van der Waals surface area contributed by atoms with Gasteiger partial charge in [0.2, 0.25) is 10.0 Å². The van der Waals surface area contributed by atoms with Gasteiger partial charge in [-0.1, -0.05) is 13.3 Å². The Morgan fingerprint density at radius 2 is 2.05 bits per heavy atom. The maximum absolute atomic E-state index is 12.4. The maximum atomic E-state index is 12.4. The first-order valence-corrected chi connectivity index (χ1v) is 8.47. The highest BCUT2D eigenvalue weighted by Crippen LogP contribution is 2.21. The molecule has 0 atom stereocenters. The van der Waals surface area contributed by atoms with Crippen molar-refractivity contribution in [2.24, 2.45) is 0 Å². The average Bonchev–Trinajstić information content (AvgIpc) is 2.90. The number of nitrogens with zero attached hydrogens (tertiary/aromatic N) is 1. The smallest absolute Gasteiger partial charge is 0.244 e. The Morgan fingerprint density at radius 1 is 1.32 bits per heavy atom. The molecule has 6 heteroatoms. The van der Waals surface area contributed by atoms with Crippen molar-refractivity contribution in [2.45, 2.75) is 44.0 Å². The summed E-state index contributed by atoms with van der Waals surface area (Å²) in [5.41, 5.74) is 0.920. The van der Waals surface area contributed by atoms with Gasteiger partial charge in [0.05, 0.1) is 4.90 Å². The Bertz CT molecular complexity index is 490. The maximum Gasteiger partial charge on any atom is 0.244 e. The normalized spacial score (nSPS) is 17.7. The van der Waals surface area contributed by atoms with Crippen LogP contribution in [-0.4, -0.2) is 37.3 Å². The summed E-state index contributed by atoms with van der Waals surface area (Å²) in [6, 6.07) is 1.74.